The van der Waals surface area contributed by atoms with Crippen LogP contribution in [0, 0.1) is 0 Å². The van der Waals surface area contributed by atoms with Crippen molar-refractivity contribution in [3.8, 4) is 0 Å². The quantitative estimate of drug-likeness (QED) is 0.688. The van der Waals surface area contributed by atoms with Gasteiger partial charge in [0.05, 0.1) is 12.7 Å². The smallest absolute Gasteiger partial charge is 0.0811 e. The molecule has 0 amide bonds. The number of hydrogen-bond donors (Lipinski definition) is 2. The molecule has 0 spiro atoms. The number of rotatable bonds is 5. The molecule has 118 valence electrons. The first-order valence-electron chi connectivity index (χ1n) is 6.94. The first kappa shape index (κ1) is 19.1. The van der Waals surface area contributed by atoms with Crippen molar-refractivity contribution in [1.82, 2.24) is 0 Å². The minimum Gasteiger partial charge on any atom is -0.394 e. The molecule has 0 bridgehead atoms. The third-order valence-electron chi connectivity index (χ3n) is 2.84. The van der Waals surface area contributed by atoms with Crippen LogP contribution in [0.1, 0.15) is 11.1 Å². The number of allylic oxidation sites excluding steroid dienone is 1. The monoisotopic (exact) mass is 426 g/mol. The molecule has 0 aliphatic carbocycles. The Kier molecular flexibility index (Phi) is 9.32. The fourth-order valence-electron chi connectivity index (χ4n) is 1.83. The standard InChI is InChI=1S/C9H11BrO2.C9H9Br/c10-8-3-1-2-7(4-8)5-9(12)6-11;1-2-4-8-5-3-6-9(10)7-8/h1-4,9,11-12H,5-6H2;2-3,5-7H,1,4H2. The highest BCUT2D eigenvalue weighted by atomic mass is 79.9. The fourth-order valence-corrected chi connectivity index (χ4v) is 2.72. The van der Waals surface area contributed by atoms with Gasteiger partial charge in [0.2, 0.25) is 0 Å². The number of benzene rings is 2. The van der Waals surface area contributed by atoms with E-state index in [1.165, 1.54) is 5.56 Å². The lowest BCUT2D eigenvalue weighted by atomic mass is 10.1. The van der Waals surface area contributed by atoms with Crippen molar-refractivity contribution in [1.29, 1.82) is 0 Å². The highest BCUT2D eigenvalue weighted by Crippen LogP contribution is 2.13. The molecule has 1 unspecified atom stereocenters. The predicted octanol–water partition coefficient (Wildman–Crippen LogP) is 4.52. The summed E-state index contributed by atoms with van der Waals surface area (Å²) in [7, 11) is 0. The van der Waals surface area contributed by atoms with E-state index in [2.05, 4.69) is 50.6 Å². The number of hydrogen-bond acceptors (Lipinski definition) is 2. The van der Waals surface area contributed by atoms with Crippen LogP contribution in [0.3, 0.4) is 0 Å². The molecule has 2 rings (SSSR count). The maximum absolute atomic E-state index is 9.14. The lowest BCUT2D eigenvalue weighted by Crippen LogP contribution is -2.14. The van der Waals surface area contributed by atoms with Crippen LogP contribution >= 0.6 is 31.9 Å². The van der Waals surface area contributed by atoms with Crippen molar-refractivity contribution in [3.63, 3.8) is 0 Å². The Morgan fingerprint density at radius 3 is 2.05 bits per heavy atom. The van der Waals surface area contributed by atoms with Crippen LogP contribution in [0.25, 0.3) is 0 Å². The summed E-state index contributed by atoms with van der Waals surface area (Å²) in [6, 6.07) is 15.9. The SMILES string of the molecule is C=CCc1cccc(Br)c1.OCC(O)Cc1cccc(Br)c1. The Morgan fingerprint density at radius 1 is 1.00 bits per heavy atom. The van der Waals surface area contributed by atoms with Crippen LogP contribution in [0.2, 0.25) is 0 Å². The van der Waals surface area contributed by atoms with Crippen LogP contribution in [0.5, 0.6) is 0 Å². The molecule has 2 nitrogen and oxygen atoms in total. The molecular weight excluding hydrogens is 408 g/mol. The highest BCUT2D eigenvalue weighted by molar-refractivity contribution is 9.10. The molecule has 0 heterocycles. The molecule has 0 aliphatic heterocycles. The van der Waals surface area contributed by atoms with Crippen molar-refractivity contribution in [2.24, 2.45) is 0 Å². The van der Waals surface area contributed by atoms with Gasteiger partial charge in [0.25, 0.3) is 0 Å². The summed E-state index contributed by atoms with van der Waals surface area (Å²) < 4.78 is 2.12. The first-order chi connectivity index (χ1) is 10.5. The van der Waals surface area contributed by atoms with Gasteiger partial charge in [-0.15, -0.1) is 6.58 Å². The van der Waals surface area contributed by atoms with E-state index in [4.69, 9.17) is 10.2 Å². The summed E-state index contributed by atoms with van der Waals surface area (Å²) in [6.45, 7) is 3.48. The third kappa shape index (κ3) is 7.90. The topological polar surface area (TPSA) is 40.5 Å². The van der Waals surface area contributed by atoms with Gasteiger partial charge in [0, 0.05) is 15.4 Å². The zero-order valence-corrected chi connectivity index (χ0v) is 15.4. The van der Waals surface area contributed by atoms with Gasteiger partial charge in [0.15, 0.2) is 0 Å². The first-order valence-corrected chi connectivity index (χ1v) is 8.52. The van der Waals surface area contributed by atoms with Gasteiger partial charge < -0.3 is 10.2 Å². The lowest BCUT2D eigenvalue weighted by Gasteiger charge is -2.06. The molecule has 0 radical (unpaired) electrons. The molecule has 1 atom stereocenters. The highest BCUT2D eigenvalue weighted by Gasteiger charge is 2.03. The summed E-state index contributed by atoms with van der Waals surface area (Å²) in [4.78, 5) is 0. The van der Waals surface area contributed by atoms with Crippen molar-refractivity contribution in [2.45, 2.75) is 18.9 Å². The molecule has 0 aliphatic rings. The van der Waals surface area contributed by atoms with Gasteiger partial charge in [-0.3, -0.25) is 0 Å². The summed E-state index contributed by atoms with van der Waals surface area (Å²) in [5.41, 5.74) is 2.32. The summed E-state index contributed by atoms with van der Waals surface area (Å²) in [5.74, 6) is 0. The van der Waals surface area contributed by atoms with E-state index in [1.807, 2.05) is 42.5 Å². The van der Waals surface area contributed by atoms with E-state index in [9.17, 15) is 0 Å². The third-order valence-corrected chi connectivity index (χ3v) is 3.83. The van der Waals surface area contributed by atoms with Crippen molar-refractivity contribution in [3.05, 3.63) is 81.3 Å². The van der Waals surface area contributed by atoms with Crippen molar-refractivity contribution >= 4 is 31.9 Å². The van der Waals surface area contributed by atoms with Crippen molar-refractivity contribution in [2.75, 3.05) is 6.61 Å². The van der Waals surface area contributed by atoms with E-state index < -0.39 is 6.10 Å². The zero-order chi connectivity index (χ0) is 16.4. The Hall–Kier alpha value is -0.940. The molecular formula is C18H20Br2O2. The van der Waals surface area contributed by atoms with Crippen LogP contribution in [-0.2, 0) is 12.8 Å². The molecule has 2 aromatic rings. The zero-order valence-electron chi connectivity index (χ0n) is 12.3. The second-order valence-electron chi connectivity index (χ2n) is 4.79. The second kappa shape index (κ2) is 10.7. The van der Waals surface area contributed by atoms with Gasteiger partial charge in [-0.25, -0.2) is 0 Å². The number of aliphatic hydroxyl groups is 2. The van der Waals surface area contributed by atoms with E-state index in [0.29, 0.717) is 6.42 Å². The van der Waals surface area contributed by atoms with Gasteiger partial charge >= 0.3 is 0 Å². The average Bonchev–Trinajstić information content (AvgIpc) is 2.48. The Labute approximate surface area is 148 Å². The van der Waals surface area contributed by atoms with E-state index in [1.54, 1.807) is 0 Å². The van der Waals surface area contributed by atoms with E-state index in [0.717, 1.165) is 20.9 Å². The van der Waals surface area contributed by atoms with E-state index >= 15 is 0 Å². The second-order valence-corrected chi connectivity index (χ2v) is 6.62. The minimum atomic E-state index is -0.653. The predicted molar refractivity (Wildman–Crippen MR) is 99.0 cm³/mol. The lowest BCUT2D eigenvalue weighted by molar-refractivity contribution is 0.0955. The van der Waals surface area contributed by atoms with Gasteiger partial charge in [-0.2, -0.15) is 0 Å². The average molecular weight is 428 g/mol. The molecule has 22 heavy (non-hydrogen) atoms. The van der Waals surface area contributed by atoms with Gasteiger partial charge in [-0.1, -0.05) is 62.2 Å². The Bertz CT molecular complexity index is 585. The molecule has 4 heteroatoms. The maximum atomic E-state index is 9.14. The number of aliphatic hydroxyl groups excluding tert-OH is 2. The van der Waals surface area contributed by atoms with Gasteiger partial charge in [-0.05, 0) is 41.8 Å². The van der Waals surface area contributed by atoms with Crippen LogP contribution in [-0.4, -0.2) is 22.9 Å². The fraction of sp³-hybridized carbons (Fsp3) is 0.222. The molecule has 2 aromatic carbocycles. The maximum Gasteiger partial charge on any atom is 0.0811 e. The summed E-state index contributed by atoms with van der Waals surface area (Å²) in [5, 5.41) is 17.7. The molecule has 0 saturated heterocycles. The van der Waals surface area contributed by atoms with Crippen LogP contribution in [0.15, 0.2) is 70.1 Å². The molecule has 2 N–H and O–H groups in total. The van der Waals surface area contributed by atoms with Crippen LogP contribution < -0.4 is 0 Å². The molecule has 0 saturated carbocycles. The molecule has 0 aromatic heterocycles. The summed E-state index contributed by atoms with van der Waals surface area (Å²) in [6.07, 6.45) is 2.69. The molecule has 0 fully saturated rings. The van der Waals surface area contributed by atoms with E-state index in [-0.39, 0.29) is 6.61 Å². The van der Waals surface area contributed by atoms with Crippen molar-refractivity contribution < 1.29 is 10.2 Å². The Morgan fingerprint density at radius 2 is 1.55 bits per heavy atom. The minimum absolute atomic E-state index is 0.188. The van der Waals surface area contributed by atoms with Gasteiger partial charge in [0.1, 0.15) is 0 Å². The summed E-state index contributed by atoms with van der Waals surface area (Å²) >= 11 is 6.73. The normalized spacial score (nSPS) is 11.3. The Balaban J connectivity index is 0.000000224. The van der Waals surface area contributed by atoms with Crippen LogP contribution in [0.4, 0.5) is 0 Å². The number of halogens is 2. The largest absolute Gasteiger partial charge is 0.394 e.